The molecule has 0 saturated carbocycles. The highest BCUT2D eigenvalue weighted by Gasteiger charge is 2.28. The molecule has 0 spiro atoms. The summed E-state index contributed by atoms with van der Waals surface area (Å²) in [6.45, 7) is 5.33. The third-order valence-electron chi connectivity index (χ3n) is 4.25. The van der Waals surface area contributed by atoms with E-state index in [-0.39, 0.29) is 24.0 Å². The molecule has 0 aromatic heterocycles. The molecule has 0 unspecified atom stereocenters. The van der Waals surface area contributed by atoms with Gasteiger partial charge in [-0.2, -0.15) is 0 Å². The van der Waals surface area contributed by atoms with E-state index in [0.29, 0.717) is 31.8 Å². The minimum Gasteiger partial charge on any atom is -0.511 e. The highest BCUT2D eigenvalue weighted by atomic mass is 16.5. The number of esters is 1. The van der Waals surface area contributed by atoms with Gasteiger partial charge >= 0.3 is 5.97 Å². The maximum absolute atomic E-state index is 12.1. The van der Waals surface area contributed by atoms with Crippen molar-refractivity contribution in [1.29, 1.82) is 0 Å². The minimum absolute atomic E-state index is 0.00458. The van der Waals surface area contributed by atoms with Crippen molar-refractivity contribution in [2.24, 2.45) is 4.99 Å². The number of benzene rings is 1. The molecule has 1 N–H and O–H groups in total. The Kier molecular flexibility index (Phi) is 8.35. The molecule has 5 heteroatoms. The lowest BCUT2D eigenvalue weighted by atomic mass is 9.95. The van der Waals surface area contributed by atoms with E-state index in [1.165, 1.54) is 0 Å². The summed E-state index contributed by atoms with van der Waals surface area (Å²) in [5.74, 6) is -0.362. The summed E-state index contributed by atoms with van der Waals surface area (Å²) in [4.78, 5) is 16.8. The number of aliphatic hydroxyl groups is 1. The molecule has 26 heavy (non-hydrogen) atoms. The number of aliphatic hydroxyl groups excluding tert-OH is 1. The second kappa shape index (κ2) is 10.8. The SMILES string of the molecule is CCCC1=N[C@@H](CCCOCc2ccccc2)CC(O)=C1C(=O)OCC. The quantitative estimate of drug-likeness (QED) is 0.497. The normalized spacial score (nSPS) is 17.2. The molecule has 1 atom stereocenters. The van der Waals surface area contributed by atoms with Crippen LogP contribution in [0.2, 0.25) is 0 Å². The lowest BCUT2D eigenvalue weighted by molar-refractivity contribution is -0.138. The van der Waals surface area contributed by atoms with Crippen molar-refractivity contribution in [3.63, 3.8) is 0 Å². The molecule has 0 amide bonds. The van der Waals surface area contributed by atoms with E-state index in [1.807, 2.05) is 37.3 Å². The molecule has 1 aromatic carbocycles. The number of hydrogen-bond donors (Lipinski definition) is 1. The summed E-state index contributed by atoms with van der Waals surface area (Å²) >= 11 is 0. The standard InChI is InChI=1S/C21H29NO4/c1-3-9-18-20(21(24)26-4-2)19(23)14-17(22-18)12-8-13-25-15-16-10-6-5-7-11-16/h5-7,10-11,17,23H,3-4,8-9,12-15H2,1-2H3/t17-/m0/s1. The van der Waals surface area contributed by atoms with Crippen molar-refractivity contribution < 1.29 is 19.4 Å². The Bertz CT molecular complexity index is 637. The summed E-state index contributed by atoms with van der Waals surface area (Å²) in [5.41, 5.74) is 2.10. The van der Waals surface area contributed by atoms with Crippen molar-refractivity contribution >= 4 is 11.7 Å². The molecule has 0 saturated heterocycles. The van der Waals surface area contributed by atoms with Gasteiger partial charge in [-0.05, 0) is 31.7 Å². The average molecular weight is 359 g/mol. The van der Waals surface area contributed by atoms with Crippen LogP contribution in [-0.4, -0.2) is 36.0 Å². The Balaban J connectivity index is 1.84. The summed E-state index contributed by atoms with van der Waals surface area (Å²) in [6.07, 6.45) is 3.60. The number of ether oxygens (including phenoxy) is 2. The Labute approximate surface area is 155 Å². The fourth-order valence-electron chi connectivity index (χ4n) is 3.04. The van der Waals surface area contributed by atoms with E-state index in [4.69, 9.17) is 14.5 Å². The highest BCUT2D eigenvalue weighted by molar-refractivity contribution is 6.20. The number of rotatable bonds is 10. The van der Waals surface area contributed by atoms with Crippen LogP contribution in [0.15, 0.2) is 46.7 Å². The Morgan fingerprint density at radius 3 is 2.73 bits per heavy atom. The predicted molar refractivity (Wildman–Crippen MR) is 102 cm³/mol. The Morgan fingerprint density at radius 2 is 2.04 bits per heavy atom. The zero-order valence-corrected chi connectivity index (χ0v) is 15.7. The van der Waals surface area contributed by atoms with E-state index in [0.717, 1.165) is 24.8 Å². The zero-order chi connectivity index (χ0) is 18.8. The maximum atomic E-state index is 12.1. The first-order chi connectivity index (χ1) is 12.7. The monoisotopic (exact) mass is 359 g/mol. The van der Waals surface area contributed by atoms with E-state index < -0.39 is 5.97 Å². The number of aliphatic imine (C=N–C) groups is 1. The fourth-order valence-corrected chi connectivity index (χ4v) is 3.04. The molecule has 0 aliphatic carbocycles. The van der Waals surface area contributed by atoms with E-state index in [1.54, 1.807) is 6.92 Å². The van der Waals surface area contributed by atoms with Crippen LogP contribution in [-0.2, 0) is 20.9 Å². The molecule has 0 fully saturated rings. The van der Waals surface area contributed by atoms with Gasteiger partial charge in [-0.15, -0.1) is 0 Å². The first-order valence-corrected chi connectivity index (χ1v) is 9.43. The zero-order valence-electron chi connectivity index (χ0n) is 15.7. The van der Waals surface area contributed by atoms with E-state index >= 15 is 0 Å². The van der Waals surface area contributed by atoms with Gasteiger partial charge in [0.25, 0.3) is 0 Å². The van der Waals surface area contributed by atoms with Gasteiger partial charge in [-0.1, -0.05) is 43.7 Å². The van der Waals surface area contributed by atoms with Crippen molar-refractivity contribution in [3.05, 3.63) is 47.2 Å². The first-order valence-electron chi connectivity index (χ1n) is 9.43. The molecule has 1 aliphatic heterocycles. The molecule has 1 aromatic rings. The second-order valence-electron chi connectivity index (χ2n) is 6.41. The van der Waals surface area contributed by atoms with Crippen LogP contribution in [0.1, 0.15) is 51.5 Å². The Morgan fingerprint density at radius 1 is 1.27 bits per heavy atom. The number of carbonyl (C=O) groups excluding carboxylic acids is 1. The molecule has 2 rings (SSSR count). The maximum Gasteiger partial charge on any atom is 0.343 e. The minimum atomic E-state index is -0.471. The second-order valence-corrected chi connectivity index (χ2v) is 6.41. The third-order valence-corrected chi connectivity index (χ3v) is 4.25. The lowest BCUT2D eigenvalue weighted by Gasteiger charge is -2.22. The van der Waals surface area contributed by atoms with Gasteiger partial charge < -0.3 is 14.6 Å². The van der Waals surface area contributed by atoms with Gasteiger partial charge in [0.05, 0.1) is 25.0 Å². The van der Waals surface area contributed by atoms with E-state index in [9.17, 15) is 9.90 Å². The van der Waals surface area contributed by atoms with Crippen LogP contribution in [0, 0.1) is 0 Å². The van der Waals surface area contributed by atoms with Crippen molar-refractivity contribution in [1.82, 2.24) is 0 Å². The summed E-state index contributed by atoms with van der Waals surface area (Å²) < 4.78 is 10.8. The van der Waals surface area contributed by atoms with Crippen molar-refractivity contribution in [2.75, 3.05) is 13.2 Å². The summed E-state index contributed by atoms with van der Waals surface area (Å²) in [7, 11) is 0. The van der Waals surface area contributed by atoms with Crippen molar-refractivity contribution in [2.45, 2.75) is 58.6 Å². The van der Waals surface area contributed by atoms with Crippen LogP contribution < -0.4 is 0 Å². The van der Waals surface area contributed by atoms with Crippen LogP contribution in [0.5, 0.6) is 0 Å². The first kappa shape index (κ1) is 20.2. The third kappa shape index (κ3) is 5.99. The molecular formula is C21H29NO4. The topological polar surface area (TPSA) is 68.1 Å². The summed E-state index contributed by atoms with van der Waals surface area (Å²) in [5, 5.41) is 10.4. The van der Waals surface area contributed by atoms with Gasteiger partial charge in [-0.3, -0.25) is 4.99 Å². The molecule has 1 aliphatic rings. The van der Waals surface area contributed by atoms with Crippen LogP contribution >= 0.6 is 0 Å². The van der Waals surface area contributed by atoms with E-state index in [2.05, 4.69) is 0 Å². The molecule has 1 heterocycles. The largest absolute Gasteiger partial charge is 0.511 e. The van der Waals surface area contributed by atoms with Gasteiger partial charge in [-0.25, -0.2) is 4.79 Å². The Hall–Kier alpha value is -2.14. The predicted octanol–water partition coefficient (Wildman–Crippen LogP) is 4.37. The number of dihydropyridines is 1. The van der Waals surface area contributed by atoms with Crippen LogP contribution in [0.3, 0.4) is 0 Å². The van der Waals surface area contributed by atoms with Gasteiger partial charge in [0.1, 0.15) is 11.3 Å². The fraction of sp³-hybridized carbons (Fsp3) is 0.524. The molecular weight excluding hydrogens is 330 g/mol. The molecule has 5 nitrogen and oxygen atoms in total. The average Bonchev–Trinajstić information content (AvgIpc) is 2.62. The molecule has 142 valence electrons. The molecule has 0 bridgehead atoms. The van der Waals surface area contributed by atoms with Gasteiger partial charge in [0.15, 0.2) is 0 Å². The number of nitrogens with zero attached hydrogens (tertiary/aromatic N) is 1. The number of hydrogen-bond acceptors (Lipinski definition) is 5. The van der Waals surface area contributed by atoms with Crippen LogP contribution in [0.25, 0.3) is 0 Å². The smallest absolute Gasteiger partial charge is 0.343 e. The van der Waals surface area contributed by atoms with Crippen molar-refractivity contribution in [3.8, 4) is 0 Å². The molecule has 0 radical (unpaired) electrons. The van der Waals surface area contributed by atoms with Crippen LogP contribution in [0.4, 0.5) is 0 Å². The van der Waals surface area contributed by atoms with Gasteiger partial charge in [0, 0.05) is 13.0 Å². The highest BCUT2D eigenvalue weighted by Crippen LogP contribution is 2.25. The number of carbonyl (C=O) groups is 1. The summed E-state index contributed by atoms with van der Waals surface area (Å²) in [6, 6.07) is 10.1. The van der Waals surface area contributed by atoms with Gasteiger partial charge in [0.2, 0.25) is 0 Å². The lowest BCUT2D eigenvalue weighted by Crippen LogP contribution is -2.26.